The molecule has 0 atom stereocenters. The summed E-state index contributed by atoms with van der Waals surface area (Å²) >= 11 is 5.03. The highest BCUT2D eigenvalue weighted by atomic mass is 32.1. The van der Waals surface area contributed by atoms with E-state index in [9.17, 15) is 13.2 Å². The van der Waals surface area contributed by atoms with Crippen molar-refractivity contribution in [2.45, 2.75) is 18.8 Å². The number of hydrogen-bond acceptors (Lipinski definition) is 2. The van der Waals surface area contributed by atoms with Crippen molar-refractivity contribution in [2.75, 3.05) is 0 Å². The van der Waals surface area contributed by atoms with E-state index in [0.29, 0.717) is 5.82 Å². The normalized spacial score (nSPS) is 15.1. The number of halogens is 3. The first kappa shape index (κ1) is 11.5. The van der Waals surface area contributed by atoms with Crippen LogP contribution in [0.5, 0.6) is 0 Å². The summed E-state index contributed by atoms with van der Waals surface area (Å²) in [4.78, 5) is 0. The Morgan fingerprint density at radius 2 is 1.83 bits per heavy atom. The molecule has 1 heterocycles. The molecule has 1 N–H and O–H groups in total. The molecule has 3 rings (SSSR count). The Labute approximate surface area is 105 Å². The van der Waals surface area contributed by atoms with E-state index in [-0.39, 0.29) is 16.4 Å². The highest BCUT2D eigenvalue weighted by Gasteiger charge is 2.30. The fourth-order valence-electron chi connectivity index (χ4n) is 1.85. The molecular weight excluding hydrogens is 263 g/mol. The highest BCUT2D eigenvalue weighted by Crippen LogP contribution is 2.39. The second-order valence-corrected chi connectivity index (χ2v) is 4.61. The lowest BCUT2D eigenvalue weighted by Crippen LogP contribution is -2.03. The van der Waals surface area contributed by atoms with Gasteiger partial charge in [0.15, 0.2) is 22.2 Å². The van der Waals surface area contributed by atoms with E-state index >= 15 is 0 Å². The molecule has 0 unspecified atom stereocenters. The average Bonchev–Trinajstić information content (AvgIpc) is 3.09. The predicted octanol–water partition coefficient (Wildman–Crippen LogP) is 3.22. The summed E-state index contributed by atoms with van der Waals surface area (Å²) in [5, 5.41) is 6.63. The second kappa shape index (κ2) is 3.94. The average molecular weight is 271 g/mol. The van der Waals surface area contributed by atoms with Crippen LogP contribution in [0, 0.1) is 22.2 Å². The van der Waals surface area contributed by atoms with Crippen molar-refractivity contribution < 1.29 is 13.2 Å². The van der Waals surface area contributed by atoms with Gasteiger partial charge in [0, 0.05) is 18.1 Å². The lowest BCUT2D eigenvalue weighted by atomic mass is 10.2. The summed E-state index contributed by atoms with van der Waals surface area (Å²) in [6.07, 6.45) is 1.93. The van der Waals surface area contributed by atoms with Gasteiger partial charge in [-0.25, -0.2) is 13.2 Å². The Bertz CT molecular complexity index is 649. The molecule has 0 radical (unpaired) electrons. The van der Waals surface area contributed by atoms with Gasteiger partial charge in [-0.05, 0) is 25.1 Å². The van der Waals surface area contributed by atoms with Gasteiger partial charge >= 0.3 is 0 Å². The fraction of sp³-hybridized carbons (Fsp3) is 0.273. The zero-order valence-electron chi connectivity index (χ0n) is 9.08. The van der Waals surface area contributed by atoms with Gasteiger partial charge in [-0.2, -0.15) is 5.10 Å². The van der Waals surface area contributed by atoms with Crippen LogP contribution in [0.25, 0.3) is 5.69 Å². The molecular formula is C11H8F3N3S. The first-order valence-corrected chi connectivity index (χ1v) is 5.81. The molecule has 0 saturated heterocycles. The number of nitrogens with zero attached hydrogens (tertiary/aromatic N) is 2. The van der Waals surface area contributed by atoms with Gasteiger partial charge in [0.05, 0.1) is 5.69 Å². The number of benzene rings is 1. The van der Waals surface area contributed by atoms with Crippen molar-refractivity contribution >= 4 is 12.2 Å². The van der Waals surface area contributed by atoms with Gasteiger partial charge in [-0.1, -0.05) is 0 Å². The molecule has 1 fully saturated rings. The van der Waals surface area contributed by atoms with Gasteiger partial charge in [-0.15, -0.1) is 0 Å². The van der Waals surface area contributed by atoms with Gasteiger partial charge in [-0.3, -0.25) is 9.67 Å². The van der Waals surface area contributed by atoms with Gasteiger partial charge in [0.1, 0.15) is 5.82 Å². The minimum atomic E-state index is -1.48. The van der Waals surface area contributed by atoms with Gasteiger partial charge < -0.3 is 0 Å². The van der Waals surface area contributed by atoms with E-state index in [0.717, 1.165) is 25.0 Å². The maximum Gasteiger partial charge on any atom is 0.199 e. The van der Waals surface area contributed by atoms with Crippen LogP contribution in [-0.2, 0) is 0 Å². The van der Waals surface area contributed by atoms with E-state index in [1.165, 1.54) is 4.57 Å². The number of H-pyrrole nitrogens is 1. The summed E-state index contributed by atoms with van der Waals surface area (Å²) in [7, 11) is 0. The maximum absolute atomic E-state index is 13.2. The SMILES string of the molecule is Fc1cc(-n2c(C3CC3)n[nH]c2=S)cc(F)c1F. The van der Waals surface area contributed by atoms with Crippen LogP contribution < -0.4 is 0 Å². The zero-order valence-corrected chi connectivity index (χ0v) is 9.90. The standard InChI is InChI=1S/C11H8F3N3S/c12-7-3-6(4-8(13)9(7)14)17-10(5-1-2-5)15-16-11(17)18/h3-5H,1-2H2,(H,16,18). The van der Waals surface area contributed by atoms with E-state index in [4.69, 9.17) is 12.2 Å². The molecule has 1 aliphatic rings. The quantitative estimate of drug-likeness (QED) is 0.672. The van der Waals surface area contributed by atoms with Crippen molar-refractivity contribution in [3.63, 3.8) is 0 Å². The van der Waals surface area contributed by atoms with E-state index in [1.807, 2.05) is 0 Å². The maximum atomic E-state index is 13.2. The minimum Gasteiger partial charge on any atom is -0.272 e. The molecule has 2 aromatic rings. The van der Waals surface area contributed by atoms with Crippen molar-refractivity contribution in [3.8, 4) is 5.69 Å². The minimum absolute atomic E-state index is 0.145. The summed E-state index contributed by atoms with van der Waals surface area (Å²) in [5.41, 5.74) is 0.145. The van der Waals surface area contributed by atoms with Crippen molar-refractivity contribution in [2.24, 2.45) is 0 Å². The molecule has 1 saturated carbocycles. The summed E-state index contributed by atoms with van der Waals surface area (Å²) in [5.74, 6) is -3.09. The second-order valence-electron chi connectivity index (χ2n) is 4.22. The van der Waals surface area contributed by atoms with Crippen LogP contribution in [0.2, 0.25) is 0 Å². The summed E-state index contributed by atoms with van der Waals surface area (Å²) in [6.45, 7) is 0. The van der Waals surface area contributed by atoms with Crippen LogP contribution in [-0.4, -0.2) is 14.8 Å². The molecule has 0 amide bonds. The zero-order chi connectivity index (χ0) is 12.9. The Hall–Kier alpha value is -1.63. The van der Waals surface area contributed by atoms with Crippen molar-refractivity contribution in [3.05, 3.63) is 40.2 Å². The first-order valence-electron chi connectivity index (χ1n) is 5.40. The molecule has 0 aliphatic heterocycles. The third-order valence-electron chi connectivity index (χ3n) is 2.87. The molecule has 1 aromatic carbocycles. The first-order chi connectivity index (χ1) is 8.58. The Kier molecular flexibility index (Phi) is 2.51. The van der Waals surface area contributed by atoms with Crippen LogP contribution >= 0.6 is 12.2 Å². The van der Waals surface area contributed by atoms with Crippen LogP contribution in [0.4, 0.5) is 13.2 Å². The van der Waals surface area contributed by atoms with Crippen LogP contribution in [0.1, 0.15) is 24.6 Å². The smallest absolute Gasteiger partial charge is 0.199 e. The lowest BCUT2D eigenvalue weighted by Gasteiger charge is -2.07. The topological polar surface area (TPSA) is 33.6 Å². The highest BCUT2D eigenvalue weighted by molar-refractivity contribution is 7.71. The third kappa shape index (κ3) is 1.74. The fourth-order valence-corrected chi connectivity index (χ4v) is 2.09. The van der Waals surface area contributed by atoms with Gasteiger partial charge in [0.25, 0.3) is 0 Å². The van der Waals surface area contributed by atoms with E-state index in [1.54, 1.807) is 0 Å². The number of aromatic amines is 1. The Balaban J connectivity index is 2.20. The summed E-state index contributed by atoms with van der Waals surface area (Å²) in [6, 6.07) is 1.82. The Morgan fingerprint density at radius 3 is 2.39 bits per heavy atom. The number of hydrogen-bond donors (Lipinski definition) is 1. The Morgan fingerprint density at radius 1 is 1.22 bits per heavy atom. The lowest BCUT2D eigenvalue weighted by molar-refractivity contribution is 0.446. The molecule has 1 aliphatic carbocycles. The number of aromatic nitrogens is 3. The van der Waals surface area contributed by atoms with Gasteiger partial charge in [0.2, 0.25) is 0 Å². The summed E-state index contributed by atoms with van der Waals surface area (Å²) < 4.78 is 41.0. The van der Waals surface area contributed by atoms with Crippen LogP contribution in [0.15, 0.2) is 12.1 Å². The molecule has 1 aromatic heterocycles. The van der Waals surface area contributed by atoms with Crippen LogP contribution in [0.3, 0.4) is 0 Å². The van der Waals surface area contributed by atoms with Crippen molar-refractivity contribution in [1.82, 2.24) is 14.8 Å². The van der Waals surface area contributed by atoms with Crippen molar-refractivity contribution in [1.29, 1.82) is 0 Å². The van der Waals surface area contributed by atoms with E-state index < -0.39 is 17.5 Å². The molecule has 7 heteroatoms. The van der Waals surface area contributed by atoms with E-state index in [2.05, 4.69) is 10.2 Å². The molecule has 3 nitrogen and oxygen atoms in total. The number of nitrogens with one attached hydrogen (secondary N) is 1. The third-order valence-corrected chi connectivity index (χ3v) is 3.14. The molecule has 0 spiro atoms. The molecule has 0 bridgehead atoms. The predicted molar refractivity (Wildman–Crippen MR) is 60.6 cm³/mol. The number of rotatable bonds is 2. The monoisotopic (exact) mass is 271 g/mol. The largest absolute Gasteiger partial charge is 0.272 e. The molecule has 18 heavy (non-hydrogen) atoms. The molecule has 94 valence electrons.